The van der Waals surface area contributed by atoms with Crippen molar-refractivity contribution in [2.45, 2.75) is 18.4 Å². The third-order valence-electron chi connectivity index (χ3n) is 3.21. The Morgan fingerprint density at radius 2 is 2.37 bits per heavy atom. The van der Waals surface area contributed by atoms with E-state index in [1.165, 1.54) is 5.56 Å². The zero-order valence-corrected chi connectivity index (χ0v) is 12.9. The van der Waals surface area contributed by atoms with Gasteiger partial charge in [0, 0.05) is 36.3 Å². The molecule has 19 heavy (non-hydrogen) atoms. The normalized spacial score (nSPS) is 22.2. The highest BCUT2D eigenvalue weighted by molar-refractivity contribution is 7.98. The van der Waals surface area contributed by atoms with Gasteiger partial charge in [-0.1, -0.05) is 23.7 Å². The van der Waals surface area contributed by atoms with Gasteiger partial charge in [-0.15, -0.1) is 0 Å². The fourth-order valence-corrected chi connectivity index (χ4v) is 2.61. The first kappa shape index (κ1) is 14.5. The lowest BCUT2D eigenvalue weighted by Crippen LogP contribution is -2.40. The molecule has 1 aromatic rings. The SMILES string of the molecule is CN=C(NCCSC)NC1CC1c1cccc(Cl)c1. The Kier molecular flexibility index (Phi) is 5.40. The molecule has 0 aromatic heterocycles. The first-order chi connectivity index (χ1) is 9.24. The second-order valence-corrected chi connectivity index (χ2v) is 6.06. The number of guanidine groups is 1. The van der Waals surface area contributed by atoms with Crippen LogP contribution in [-0.4, -0.2) is 37.6 Å². The first-order valence-corrected chi connectivity index (χ1v) is 8.23. The molecule has 2 unspecified atom stereocenters. The summed E-state index contributed by atoms with van der Waals surface area (Å²) >= 11 is 7.85. The van der Waals surface area contributed by atoms with Gasteiger partial charge >= 0.3 is 0 Å². The van der Waals surface area contributed by atoms with Crippen molar-refractivity contribution in [1.82, 2.24) is 10.6 Å². The maximum atomic E-state index is 6.02. The molecule has 1 saturated carbocycles. The number of rotatable bonds is 5. The van der Waals surface area contributed by atoms with Gasteiger partial charge in [0.25, 0.3) is 0 Å². The smallest absolute Gasteiger partial charge is 0.191 e. The molecule has 2 rings (SSSR count). The van der Waals surface area contributed by atoms with Gasteiger partial charge in [-0.2, -0.15) is 11.8 Å². The molecule has 0 amide bonds. The quantitative estimate of drug-likeness (QED) is 0.498. The van der Waals surface area contributed by atoms with Crippen molar-refractivity contribution in [2.24, 2.45) is 4.99 Å². The van der Waals surface area contributed by atoms with Gasteiger partial charge in [0.05, 0.1) is 0 Å². The molecule has 1 aliphatic rings. The Morgan fingerprint density at radius 3 is 3.05 bits per heavy atom. The minimum Gasteiger partial charge on any atom is -0.356 e. The summed E-state index contributed by atoms with van der Waals surface area (Å²) in [5.74, 6) is 2.53. The van der Waals surface area contributed by atoms with Crippen molar-refractivity contribution in [2.75, 3.05) is 25.6 Å². The predicted molar refractivity (Wildman–Crippen MR) is 85.5 cm³/mol. The van der Waals surface area contributed by atoms with Crippen molar-refractivity contribution in [3.05, 3.63) is 34.9 Å². The van der Waals surface area contributed by atoms with Crippen molar-refractivity contribution in [1.29, 1.82) is 0 Å². The van der Waals surface area contributed by atoms with Gasteiger partial charge in [-0.3, -0.25) is 4.99 Å². The summed E-state index contributed by atoms with van der Waals surface area (Å²) in [7, 11) is 1.81. The van der Waals surface area contributed by atoms with E-state index in [-0.39, 0.29) is 0 Å². The second-order valence-electron chi connectivity index (χ2n) is 4.64. The van der Waals surface area contributed by atoms with Gasteiger partial charge in [0.2, 0.25) is 0 Å². The Bertz CT molecular complexity index is 450. The molecule has 5 heteroatoms. The molecule has 1 aromatic carbocycles. The van der Waals surface area contributed by atoms with Gasteiger partial charge in [0.15, 0.2) is 5.96 Å². The Labute approximate surface area is 124 Å². The number of thioether (sulfide) groups is 1. The van der Waals surface area contributed by atoms with E-state index in [0.717, 1.165) is 29.7 Å². The van der Waals surface area contributed by atoms with Gasteiger partial charge < -0.3 is 10.6 Å². The molecule has 0 radical (unpaired) electrons. The number of nitrogens with zero attached hydrogens (tertiary/aromatic N) is 1. The molecule has 0 heterocycles. The number of hydrogen-bond acceptors (Lipinski definition) is 2. The highest BCUT2D eigenvalue weighted by Crippen LogP contribution is 2.41. The summed E-state index contributed by atoms with van der Waals surface area (Å²) in [6, 6.07) is 8.59. The average molecular weight is 298 g/mol. The molecule has 0 saturated heterocycles. The average Bonchev–Trinajstić information content (AvgIpc) is 3.17. The lowest BCUT2D eigenvalue weighted by molar-refractivity contribution is 0.808. The van der Waals surface area contributed by atoms with Crippen molar-refractivity contribution < 1.29 is 0 Å². The van der Waals surface area contributed by atoms with E-state index >= 15 is 0 Å². The van der Waals surface area contributed by atoms with Crippen LogP contribution in [0.2, 0.25) is 5.02 Å². The fourth-order valence-electron chi connectivity index (χ4n) is 2.10. The van der Waals surface area contributed by atoms with Gasteiger partial charge in [0.1, 0.15) is 0 Å². The third kappa shape index (κ3) is 4.32. The summed E-state index contributed by atoms with van der Waals surface area (Å²) in [6.07, 6.45) is 3.25. The molecular weight excluding hydrogens is 278 g/mol. The summed E-state index contributed by atoms with van der Waals surface area (Å²) in [5, 5.41) is 7.58. The van der Waals surface area contributed by atoms with E-state index in [1.54, 1.807) is 0 Å². The molecule has 1 aliphatic carbocycles. The van der Waals surface area contributed by atoms with E-state index in [9.17, 15) is 0 Å². The van der Waals surface area contributed by atoms with E-state index < -0.39 is 0 Å². The molecular formula is C14H20ClN3S. The zero-order chi connectivity index (χ0) is 13.7. The van der Waals surface area contributed by atoms with Crippen LogP contribution in [-0.2, 0) is 0 Å². The number of benzene rings is 1. The molecule has 104 valence electrons. The number of halogens is 1. The number of hydrogen-bond donors (Lipinski definition) is 2. The molecule has 1 fully saturated rings. The number of aliphatic imine (C=N–C) groups is 1. The summed E-state index contributed by atoms with van der Waals surface area (Å²) in [5.41, 5.74) is 1.31. The minimum atomic E-state index is 0.471. The van der Waals surface area contributed by atoms with E-state index in [1.807, 2.05) is 30.9 Å². The van der Waals surface area contributed by atoms with Crippen LogP contribution in [0.5, 0.6) is 0 Å². The van der Waals surface area contributed by atoms with Crippen LogP contribution in [0.25, 0.3) is 0 Å². The van der Waals surface area contributed by atoms with Crippen LogP contribution in [0.3, 0.4) is 0 Å². The highest BCUT2D eigenvalue weighted by Gasteiger charge is 2.39. The first-order valence-electron chi connectivity index (χ1n) is 6.46. The van der Waals surface area contributed by atoms with E-state index in [2.05, 4.69) is 34.0 Å². The van der Waals surface area contributed by atoms with Crippen LogP contribution in [0, 0.1) is 0 Å². The molecule has 0 aliphatic heterocycles. The molecule has 0 bridgehead atoms. The summed E-state index contributed by atoms with van der Waals surface area (Å²) in [4.78, 5) is 4.24. The fraction of sp³-hybridized carbons (Fsp3) is 0.500. The molecule has 0 spiro atoms. The zero-order valence-electron chi connectivity index (χ0n) is 11.3. The molecule has 3 nitrogen and oxygen atoms in total. The van der Waals surface area contributed by atoms with Crippen LogP contribution in [0.15, 0.2) is 29.3 Å². The van der Waals surface area contributed by atoms with Gasteiger partial charge in [-0.05, 0) is 30.4 Å². The van der Waals surface area contributed by atoms with Crippen molar-refractivity contribution >= 4 is 29.3 Å². The largest absolute Gasteiger partial charge is 0.356 e. The predicted octanol–water partition coefficient (Wildman–Crippen LogP) is 2.72. The lowest BCUT2D eigenvalue weighted by Gasteiger charge is -2.11. The Balaban J connectivity index is 1.82. The minimum absolute atomic E-state index is 0.471. The van der Waals surface area contributed by atoms with Crippen LogP contribution >= 0.6 is 23.4 Å². The van der Waals surface area contributed by atoms with E-state index in [0.29, 0.717) is 12.0 Å². The monoisotopic (exact) mass is 297 g/mol. The summed E-state index contributed by atoms with van der Waals surface area (Å²) < 4.78 is 0. The topological polar surface area (TPSA) is 36.4 Å². The van der Waals surface area contributed by atoms with Crippen molar-refractivity contribution in [3.8, 4) is 0 Å². The van der Waals surface area contributed by atoms with Crippen LogP contribution in [0.1, 0.15) is 17.9 Å². The van der Waals surface area contributed by atoms with Gasteiger partial charge in [-0.25, -0.2) is 0 Å². The number of nitrogens with one attached hydrogen (secondary N) is 2. The standard InChI is InChI=1S/C14H20ClN3S/c1-16-14(17-6-7-19-2)18-13-9-12(13)10-4-3-5-11(15)8-10/h3-5,8,12-13H,6-7,9H2,1-2H3,(H2,16,17,18). The second kappa shape index (κ2) is 7.06. The summed E-state index contributed by atoms with van der Waals surface area (Å²) in [6.45, 7) is 0.940. The molecule has 2 N–H and O–H groups in total. The van der Waals surface area contributed by atoms with E-state index in [4.69, 9.17) is 11.6 Å². The Hall–Kier alpha value is -0.870. The highest BCUT2D eigenvalue weighted by atomic mass is 35.5. The van der Waals surface area contributed by atoms with Crippen LogP contribution in [0.4, 0.5) is 0 Å². The maximum Gasteiger partial charge on any atom is 0.191 e. The van der Waals surface area contributed by atoms with Crippen molar-refractivity contribution in [3.63, 3.8) is 0 Å². The lowest BCUT2D eigenvalue weighted by atomic mass is 10.1. The maximum absolute atomic E-state index is 6.02. The molecule has 2 atom stereocenters. The van der Waals surface area contributed by atoms with Crippen LogP contribution < -0.4 is 10.6 Å². The third-order valence-corrected chi connectivity index (χ3v) is 4.06. The Morgan fingerprint density at radius 1 is 1.53 bits per heavy atom.